The zero-order valence-corrected chi connectivity index (χ0v) is 12.5. The molecule has 3 rings (SSSR count). The lowest BCUT2D eigenvalue weighted by molar-refractivity contribution is 0.367. The lowest BCUT2D eigenvalue weighted by Gasteiger charge is -2.36. The SMILES string of the molecule is Cc1csc2c(N3CCNC(C(C)C)C3)ncnc12. The molecule has 0 aromatic carbocycles. The van der Waals surface area contributed by atoms with E-state index in [0.717, 1.165) is 31.0 Å². The summed E-state index contributed by atoms with van der Waals surface area (Å²) >= 11 is 1.76. The van der Waals surface area contributed by atoms with Crippen molar-refractivity contribution in [3.63, 3.8) is 0 Å². The fourth-order valence-electron chi connectivity index (χ4n) is 2.60. The van der Waals surface area contributed by atoms with E-state index in [9.17, 15) is 0 Å². The second-order valence-electron chi connectivity index (χ2n) is 5.54. The second-order valence-corrected chi connectivity index (χ2v) is 6.42. The van der Waals surface area contributed by atoms with Gasteiger partial charge in [-0.05, 0) is 23.8 Å². The van der Waals surface area contributed by atoms with Gasteiger partial charge in [0.1, 0.15) is 12.1 Å². The molecule has 1 N–H and O–H groups in total. The maximum absolute atomic E-state index is 4.54. The van der Waals surface area contributed by atoms with Crippen molar-refractivity contribution >= 4 is 27.4 Å². The van der Waals surface area contributed by atoms with E-state index in [1.165, 1.54) is 10.3 Å². The molecule has 0 saturated carbocycles. The van der Waals surface area contributed by atoms with Crippen LogP contribution < -0.4 is 10.2 Å². The van der Waals surface area contributed by atoms with E-state index in [4.69, 9.17) is 0 Å². The molecule has 0 bridgehead atoms. The molecular weight excluding hydrogens is 256 g/mol. The molecule has 0 spiro atoms. The predicted molar refractivity (Wildman–Crippen MR) is 81.0 cm³/mol. The predicted octanol–water partition coefficient (Wildman–Crippen LogP) is 2.43. The Kier molecular flexibility index (Phi) is 3.41. The minimum absolute atomic E-state index is 0.542. The summed E-state index contributed by atoms with van der Waals surface area (Å²) in [5.41, 5.74) is 2.36. The average Bonchev–Trinajstić information content (AvgIpc) is 2.81. The Hall–Kier alpha value is -1.20. The van der Waals surface area contributed by atoms with E-state index < -0.39 is 0 Å². The molecule has 19 heavy (non-hydrogen) atoms. The number of anilines is 1. The minimum atomic E-state index is 0.542. The Morgan fingerprint density at radius 3 is 3.05 bits per heavy atom. The first-order valence-electron chi connectivity index (χ1n) is 6.84. The zero-order chi connectivity index (χ0) is 13.4. The zero-order valence-electron chi connectivity index (χ0n) is 11.7. The number of hydrogen-bond acceptors (Lipinski definition) is 5. The third kappa shape index (κ3) is 2.32. The van der Waals surface area contributed by atoms with Crippen LogP contribution in [0.5, 0.6) is 0 Å². The van der Waals surface area contributed by atoms with Gasteiger partial charge in [0.2, 0.25) is 0 Å². The van der Waals surface area contributed by atoms with Crippen LogP contribution >= 0.6 is 11.3 Å². The van der Waals surface area contributed by atoms with Gasteiger partial charge in [0.05, 0.1) is 10.2 Å². The van der Waals surface area contributed by atoms with Crippen LogP contribution in [0.3, 0.4) is 0 Å². The molecule has 2 aromatic heterocycles. The smallest absolute Gasteiger partial charge is 0.150 e. The monoisotopic (exact) mass is 276 g/mol. The molecule has 5 heteroatoms. The molecule has 102 valence electrons. The van der Waals surface area contributed by atoms with Crippen molar-refractivity contribution in [2.75, 3.05) is 24.5 Å². The maximum Gasteiger partial charge on any atom is 0.150 e. The number of fused-ring (bicyclic) bond motifs is 1. The van der Waals surface area contributed by atoms with Gasteiger partial charge in [-0.15, -0.1) is 11.3 Å². The molecule has 4 nitrogen and oxygen atoms in total. The van der Waals surface area contributed by atoms with Crippen LogP contribution in [0.4, 0.5) is 5.82 Å². The molecule has 0 amide bonds. The van der Waals surface area contributed by atoms with Crippen LogP contribution in [0.1, 0.15) is 19.4 Å². The number of aromatic nitrogens is 2. The average molecular weight is 276 g/mol. The van der Waals surface area contributed by atoms with Crippen molar-refractivity contribution in [2.24, 2.45) is 5.92 Å². The number of aryl methyl sites for hydroxylation is 1. The number of thiophene rings is 1. The molecule has 0 aliphatic carbocycles. The number of piperazine rings is 1. The van der Waals surface area contributed by atoms with Crippen LogP contribution in [-0.2, 0) is 0 Å². The quantitative estimate of drug-likeness (QED) is 0.914. The van der Waals surface area contributed by atoms with Crippen molar-refractivity contribution in [3.8, 4) is 0 Å². The topological polar surface area (TPSA) is 41.0 Å². The third-order valence-corrected chi connectivity index (χ3v) is 4.90. The van der Waals surface area contributed by atoms with Crippen molar-refractivity contribution < 1.29 is 0 Å². The molecule has 1 fully saturated rings. The van der Waals surface area contributed by atoms with Crippen molar-refractivity contribution in [1.29, 1.82) is 0 Å². The summed E-state index contributed by atoms with van der Waals surface area (Å²) in [4.78, 5) is 11.3. The van der Waals surface area contributed by atoms with Gasteiger partial charge in [-0.2, -0.15) is 0 Å². The van der Waals surface area contributed by atoms with Gasteiger partial charge in [-0.1, -0.05) is 13.8 Å². The Balaban J connectivity index is 1.95. The molecular formula is C14H20N4S. The van der Waals surface area contributed by atoms with E-state index in [-0.39, 0.29) is 0 Å². The second kappa shape index (κ2) is 5.06. The summed E-state index contributed by atoms with van der Waals surface area (Å²) in [5.74, 6) is 1.75. The van der Waals surface area contributed by atoms with Crippen LogP contribution in [0.15, 0.2) is 11.7 Å². The number of rotatable bonds is 2. The normalized spacial score (nSPS) is 20.4. The van der Waals surface area contributed by atoms with Crippen LogP contribution in [-0.4, -0.2) is 35.6 Å². The van der Waals surface area contributed by atoms with E-state index in [2.05, 4.69) is 46.3 Å². The van der Waals surface area contributed by atoms with Gasteiger partial charge in [-0.25, -0.2) is 9.97 Å². The number of nitrogens with one attached hydrogen (secondary N) is 1. The number of hydrogen-bond donors (Lipinski definition) is 1. The highest BCUT2D eigenvalue weighted by Crippen LogP contribution is 2.31. The molecule has 1 unspecified atom stereocenters. The molecule has 3 heterocycles. The fourth-order valence-corrected chi connectivity index (χ4v) is 3.62. The largest absolute Gasteiger partial charge is 0.352 e. The third-order valence-electron chi connectivity index (χ3n) is 3.82. The highest BCUT2D eigenvalue weighted by Gasteiger charge is 2.24. The molecule has 2 aromatic rings. The fraction of sp³-hybridized carbons (Fsp3) is 0.571. The van der Waals surface area contributed by atoms with Crippen LogP contribution in [0.25, 0.3) is 10.2 Å². The van der Waals surface area contributed by atoms with Crippen molar-refractivity contribution in [2.45, 2.75) is 26.8 Å². The van der Waals surface area contributed by atoms with E-state index in [1.54, 1.807) is 17.7 Å². The van der Waals surface area contributed by atoms with E-state index >= 15 is 0 Å². The summed E-state index contributed by atoms with van der Waals surface area (Å²) < 4.78 is 1.23. The summed E-state index contributed by atoms with van der Waals surface area (Å²) in [6, 6.07) is 0.542. The van der Waals surface area contributed by atoms with Gasteiger partial charge in [0.25, 0.3) is 0 Å². The van der Waals surface area contributed by atoms with E-state index in [1.807, 2.05) is 0 Å². The summed E-state index contributed by atoms with van der Waals surface area (Å²) in [6.07, 6.45) is 1.70. The van der Waals surface area contributed by atoms with Gasteiger partial charge >= 0.3 is 0 Å². The highest BCUT2D eigenvalue weighted by atomic mass is 32.1. The lowest BCUT2D eigenvalue weighted by atomic mass is 10.0. The Morgan fingerprint density at radius 2 is 2.26 bits per heavy atom. The lowest BCUT2D eigenvalue weighted by Crippen LogP contribution is -2.53. The maximum atomic E-state index is 4.54. The Morgan fingerprint density at radius 1 is 1.42 bits per heavy atom. The van der Waals surface area contributed by atoms with Gasteiger partial charge in [-0.3, -0.25) is 0 Å². The van der Waals surface area contributed by atoms with Gasteiger partial charge < -0.3 is 10.2 Å². The Labute approximate surface area is 117 Å². The summed E-state index contributed by atoms with van der Waals surface area (Å²) in [7, 11) is 0. The first kappa shape index (κ1) is 12.8. The summed E-state index contributed by atoms with van der Waals surface area (Å²) in [6.45, 7) is 9.73. The summed E-state index contributed by atoms with van der Waals surface area (Å²) in [5, 5.41) is 5.76. The molecule has 1 atom stereocenters. The molecule has 1 aliphatic heterocycles. The standard InChI is InChI=1S/C14H20N4S/c1-9(2)11-6-18(5-4-15-11)14-13-12(16-8-17-14)10(3)7-19-13/h7-9,11,15H,4-6H2,1-3H3. The highest BCUT2D eigenvalue weighted by molar-refractivity contribution is 7.18. The molecule has 1 saturated heterocycles. The number of nitrogens with zero attached hydrogens (tertiary/aromatic N) is 3. The van der Waals surface area contributed by atoms with Gasteiger partial charge in [0.15, 0.2) is 0 Å². The van der Waals surface area contributed by atoms with Crippen LogP contribution in [0.2, 0.25) is 0 Å². The van der Waals surface area contributed by atoms with Gasteiger partial charge in [0, 0.05) is 25.7 Å². The first-order chi connectivity index (χ1) is 9.16. The van der Waals surface area contributed by atoms with Crippen molar-refractivity contribution in [1.82, 2.24) is 15.3 Å². The molecule has 0 radical (unpaired) electrons. The molecule has 1 aliphatic rings. The van der Waals surface area contributed by atoms with Crippen molar-refractivity contribution in [3.05, 3.63) is 17.3 Å². The van der Waals surface area contributed by atoms with E-state index in [0.29, 0.717) is 12.0 Å². The Bertz CT molecular complexity index is 578. The van der Waals surface area contributed by atoms with Crippen LogP contribution in [0, 0.1) is 12.8 Å². The minimum Gasteiger partial charge on any atom is -0.352 e. The first-order valence-corrected chi connectivity index (χ1v) is 7.72.